The van der Waals surface area contributed by atoms with Crippen LogP contribution >= 0.6 is 0 Å². The highest BCUT2D eigenvalue weighted by Gasteiger charge is 2.19. The van der Waals surface area contributed by atoms with Crippen molar-refractivity contribution in [1.29, 1.82) is 0 Å². The van der Waals surface area contributed by atoms with E-state index in [1.807, 2.05) is 19.9 Å². The molecule has 3 nitrogen and oxygen atoms in total. The summed E-state index contributed by atoms with van der Waals surface area (Å²) in [5.41, 5.74) is 0.981. The van der Waals surface area contributed by atoms with Gasteiger partial charge in [0.1, 0.15) is 0 Å². The van der Waals surface area contributed by atoms with Crippen LogP contribution in [0.4, 0.5) is 0 Å². The van der Waals surface area contributed by atoms with Crippen molar-refractivity contribution in [2.24, 2.45) is 0 Å². The lowest BCUT2D eigenvalue weighted by atomic mass is 10.1. The van der Waals surface area contributed by atoms with Gasteiger partial charge in [0.15, 0.2) is 0 Å². The summed E-state index contributed by atoms with van der Waals surface area (Å²) >= 11 is 0. The lowest BCUT2D eigenvalue weighted by Crippen LogP contribution is -2.35. The highest BCUT2D eigenvalue weighted by atomic mass is 32.2. The molecule has 0 aromatic heterocycles. The average molecular weight is 265 g/mol. The minimum atomic E-state index is -3.48. The largest absolute Gasteiger partial charge is 0.241 e. The molecule has 0 radical (unpaired) electrons. The summed E-state index contributed by atoms with van der Waals surface area (Å²) in [6, 6.07) is 8.13. The monoisotopic (exact) mass is 265 g/mol. The topological polar surface area (TPSA) is 46.2 Å². The van der Waals surface area contributed by atoms with Crippen LogP contribution in [0.1, 0.15) is 20.3 Å². The van der Waals surface area contributed by atoms with Gasteiger partial charge in [0.25, 0.3) is 0 Å². The van der Waals surface area contributed by atoms with Crippen LogP contribution in [0.2, 0.25) is 0 Å². The van der Waals surface area contributed by atoms with E-state index in [1.165, 1.54) is 0 Å². The van der Waals surface area contributed by atoms with Gasteiger partial charge in [-0.15, -0.1) is 6.58 Å². The van der Waals surface area contributed by atoms with E-state index in [-0.39, 0.29) is 10.9 Å². The first kappa shape index (κ1) is 14.7. The van der Waals surface area contributed by atoms with Crippen molar-refractivity contribution in [2.45, 2.75) is 31.2 Å². The standard InChI is InChI=1S/C14H19NO2S/c1-4-9-14(12(3)5-2)15-18(16,17)13-10-7-6-8-11-13/h4-8,10-11,14-15H,1,9H2,2-3H3/b12-5+. The Balaban J connectivity index is 2.97. The molecular formula is C14H19NO2S. The fraction of sp³-hybridized carbons (Fsp3) is 0.286. The molecule has 18 heavy (non-hydrogen) atoms. The molecule has 1 aromatic carbocycles. The Kier molecular flexibility index (Phi) is 5.31. The van der Waals surface area contributed by atoms with Crippen molar-refractivity contribution >= 4 is 10.0 Å². The molecule has 0 saturated carbocycles. The summed E-state index contributed by atoms with van der Waals surface area (Å²) in [4.78, 5) is 0.281. The molecule has 0 aliphatic rings. The minimum absolute atomic E-state index is 0.238. The molecule has 0 fully saturated rings. The first-order valence-corrected chi connectivity index (χ1v) is 7.30. The maximum Gasteiger partial charge on any atom is 0.241 e. The Morgan fingerprint density at radius 3 is 2.50 bits per heavy atom. The summed E-state index contributed by atoms with van der Waals surface area (Å²) in [6.45, 7) is 7.45. The molecule has 0 aliphatic heterocycles. The van der Waals surface area contributed by atoms with Gasteiger partial charge in [0, 0.05) is 6.04 Å². The molecule has 4 heteroatoms. The zero-order chi connectivity index (χ0) is 13.6. The van der Waals surface area contributed by atoms with Gasteiger partial charge in [-0.3, -0.25) is 0 Å². The zero-order valence-electron chi connectivity index (χ0n) is 10.8. The highest BCUT2D eigenvalue weighted by molar-refractivity contribution is 7.89. The van der Waals surface area contributed by atoms with Gasteiger partial charge in [0.05, 0.1) is 4.90 Å². The van der Waals surface area contributed by atoms with Crippen LogP contribution in [0.15, 0.2) is 59.5 Å². The first-order chi connectivity index (χ1) is 8.51. The van der Waals surface area contributed by atoms with Crippen molar-refractivity contribution in [2.75, 3.05) is 0 Å². The third-order valence-corrected chi connectivity index (χ3v) is 4.25. The number of hydrogen-bond acceptors (Lipinski definition) is 2. The normalized spacial score (nSPS) is 14.2. The molecule has 1 aromatic rings. The van der Waals surface area contributed by atoms with Crippen LogP contribution in [-0.2, 0) is 10.0 Å². The molecule has 0 amide bonds. The molecule has 98 valence electrons. The molecule has 0 aliphatic carbocycles. The molecule has 0 bridgehead atoms. The summed E-state index contributed by atoms with van der Waals surface area (Å²) in [5.74, 6) is 0. The van der Waals surface area contributed by atoms with E-state index in [4.69, 9.17) is 0 Å². The van der Waals surface area contributed by atoms with Crippen LogP contribution in [0.25, 0.3) is 0 Å². The molecule has 0 saturated heterocycles. The summed E-state index contributed by atoms with van der Waals surface area (Å²) in [7, 11) is -3.48. The molecule has 0 heterocycles. The van der Waals surface area contributed by atoms with Crippen molar-refractivity contribution in [3.63, 3.8) is 0 Å². The van der Waals surface area contributed by atoms with Crippen LogP contribution in [-0.4, -0.2) is 14.5 Å². The fourth-order valence-electron chi connectivity index (χ4n) is 1.55. The van der Waals surface area contributed by atoms with E-state index in [2.05, 4.69) is 11.3 Å². The third kappa shape index (κ3) is 3.82. The third-order valence-electron chi connectivity index (χ3n) is 2.76. The fourth-order valence-corrected chi connectivity index (χ4v) is 2.86. The molecule has 1 atom stereocenters. The Morgan fingerprint density at radius 1 is 1.39 bits per heavy atom. The number of rotatable bonds is 6. The maximum atomic E-state index is 12.2. The van der Waals surface area contributed by atoms with Gasteiger partial charge in [-0.1, -0.05) is 35.9 Å². The second-order valence-corrected chi connectivity index (χ2v) is 5.76. The van der Waals surface area contributed by atoms with Crippen molar-refractivity contribution in [1.82, 2.24) is 4.72 Å². The Bertz CT molecular complexity index is 518. The zero-order valence-corrected chi connectivity index (χ0v) is 11.6. The van der Waals surface area contributed by atoms with Crippen LogP contribution in [0, 0.1) is 0 Å². The molecule has 1 N–H and O–H groups in total. The van der Waals surface area contributed by atoms with Gasteiger partial charge in [-0.05, 0) is 32.4 Å². The predicted octanol–water partition coefficient (Wildman–Crippen LogP) is 2.88. The van der Waals surface area contributed by atoms with Gasteiger partial charge in [-0.2, -0.15) is 0 Å². The average Bonchev–Trinajstić information content (AvgIpc) is 2.38. The number of sulfonamides is 1. The molecule has 1 unspecified atom stereocenters. The smallest absolute Gasteiger partial charge is 0.207 e. The van der Waals surface area contributed by atoms with E-state index >= 15 is 0 Å². The van der Waals surface area contributed by atoms with Crippen molar-refractivity contribution < 1.29 is 8.42 Å². The van der Waals surface area contributed by atoms with Gasteiger partial charge < -0.3 is 0 Å². The van der Waals surface area contributed by atoms with Crippen molar-refractivity contribution in [3.05, 3.63) is 54.6 Å². The first-order valence-electron chi connectivity index (χ1n) is 5.82. The van der Waals surface area contributed by atoms with E-state index in [9.17, 15) is 8.42 Å². The Morgan fingerprint density at radius 2 is 2.00 bits per heavy atom. The minimum Gasteiger partial charge on any atom is -0.207 e. The maximum absolute atomic E-state index is 12.2. The van der Waals surface area contributed by atoms with Crippen LogP contribution in [0.5, 0.6) is 0 Å². The lowest BCUT2D eigenvalue weighted by molar-refractivity contribution is 0.566. The second kappa shape index (κ2) is 6.52. The SMILES string of the molecule is C=CCC(NS(=O)(=O)c1ccccc1)/C(C)=C/C. The summed E-state index contributed by atoms with van der Waals surface area (Å²) < 4.78 is 27.0. The van der Waals surface area contributed by atoms with E-state index in [1.54, 1.807) is 36.4 Å². The Hall–Kier alpha value is -1.39. The number of hydrogen-bond donors (Lipinski definition) is 1. The summed E-state index contributed by atoms with van der Waals surface area (Å²) in [6.07, 6.45) is 4.19. The molecular weight excluding hydrogens is 246 g/mol. The van der Waals surface area contributed by atoms with Crippen molar-refractivity contribution in [3.8, 4) is 0 Å². The van der Waals surface area contributed by atoms with E-state index < -0.39 is 10.0 Å². The quantitative estimate of drug-likeness (QED) is 0.804. The Labute approximate surface area is 109 Å². The lowest BCUT2D eigenvalue weighted by Gasteiger charge is -2.18. The number of allylic oxidation sites excluding steroid dienone is 1. The number of benzene rings is 1. The second-order valence-electron chi connectivity index (χ2n) is 4.04. The van der Waals surface area contributed by atoms with Gasteiger partial charge >= 0.3 is 0 Å². The molecule has 0 spiro atoms. The van der Waals surface area contributed by atoms with Gasteiger partial charge in [-0.25, -0.2) is 13.1 Å². The van der Waals surface area contributed by atoms with E-state index in [0.717, 1.165) is 5.57 Å². The van der Waals surface area contributed by atoms with E-state index in [0.29, 0.717) is 6.42 Å². The van der Waals surface area contributed by atoms with Gasteiger partial charge in [0.2, 0.25) is 10.0 Å². The molecule has 1 rings (SSSR count). The van der Waals surface area contributed by atoms with Crippen LogP contribution < -0.4 is 4.72 Å². The van der Waals surface area contributed by atoms with Crippen LogP contribution in [0.3, 0.4) is 0 Å². The highest BCUT2D eigenvalue weighted by Crippen LogP contribution is 2.13. The predicted molar refractivity (Wildman–Crippen MR) is 74.8 cm³/mol. The number of nitrogens with one attached hydrogen (secondary N) is 1. The summed E-state index contributed by atoms with van der Waals surface area (Å²) in [5, 5.41) is 0.